The Kier molecular flexibility index (Phi) is 5.67. The molecule has 0 saturated heterocycles. The molecule has 0 spiro atoms. The molecule has 2 aromatic rings. The van der Waals surface area contributed by atoms with Crippen LogP contribution in [0.4, 0.5) is 0 Å². The number of carbonyl (C=O) groups is 3. The first-order valence-corrected chi connectivity index (χ1v) is 10.5. The third kappa shape index (κ3) is 3.65. The first-order valence-electron chi connectivity index (χ1n) is 10.5. The van der Waals surface area contributed by atoms with E-state index in [1.807, 2.05) is 0 Å². The van der Waals surface area contributed by atoms with Gasteiger partial charge in [-0.2, -0.15) is 0 Å². The summed E-state index contributed by atoms with van der Waals surface area (Å²) in [7, 11) is 1.51. The number of hydrogen-bond donors (Lipinski definition) is 2. The second-order valence-corrected chi connectivity index (χ2v) is 8.10. The molecule has 2 atom stereocenters. The van der Waals surface area contributed by atoms with Crippen LogP contribution in [0.3, 0.4) is 0 Å². The van der Waals surface area contributed by atoms with Gasteiger partial charge in [0.15, 0.2) is 0 Å². The number of para-hydroxylation sites is 1. The van der Waals surface area contributed by atoms with Gasteiger partial charge in [0.2, 0.25) is 5.54 Å². The zero-order valence-electron chi connectivity index (χ0n) is 17.3. The Morgan fingerprint density at radius 1 is 1.06 bits per heavy atom. The molecule has 2 unspecified atom stereocenters. The lowest BCUT2D eigenvalue weighted by Crippen LogP contribution is -2.67. The zero-order chi connectivity index (χ0) is 22.0. The summed E-state index contributed by atoms with van der Waals surface area (Å²) >= 11 is 0. The number of nitrogens with one attached hydrogen (secondary N) is 1. The van der Waals surface area contributed by atoms with E-state index in [0.29, 0.717) is 17.1 Å². The number of benzene rings is 2. The van der Waals surface area contributed by atoms with Crippen molar-refractivity contribution >= 4 is 17.8 Å². The van der Waals surface area contributed by atoms with Crippen LogP contribution in [0.25, 0.3) is 0 Å². The Morgan fingerprint density at radius 2 is 1.74 bits per heavy atom. The molecule has 2 N–H and O–H groups in total. The third-order valence-corrected chi connectivity index (χ3v) is 6.37. The van der Waals surface area contributed by atoms with Gasteiger partial charge in [0.25, 0.3) is 5.91 Å². The Hall–Kier alpha value is -3.35. The van der Waals surface area contributed by atoms with Gasteiger partial charge in [-0.1, -0.05) is 37.5 Å². The second kappa shape index (κ2) is 8.41. The summed E-state index contributed by atoms with van der Waals surface area (Å²) in [4.78, 5) is 39.0. The maximum atomic E-state index is 13.2. The van der Waals surface area contributed by atoms with Gasteiger partial charge in [0, 0.05) is 17.0 Å². The average Bonchev–Trinajstić information content (AvgIpc) is 2.79. The van der Waals surface area contributed by atoms with Crippen LogP contribution in [-0.2, 0) is 9.59 Å². The topological polar surface area (TPSA) is 102 Å². The Labute approximate surface area is 180 Å². The molecule has 1 amide bonds. The molecule has 31 heavy (non-hydrogen) atoms. The van der Waals surface area contributed by atoms with Crippen LogP contribution >= 0.6 is 0 Å². The first kappa shape index (κ1) is 20.9. The average molecular weight is 423 g/mol. The molecule has 162 valence electrons. The van der Waals surface area contributed by atoms with Gasteiger partial charge in [0.05, 0.1) is 7.11 Å². The van der Waals surface area contributed by atoms with Crippen molar-refractivity contribution in [3.63, 3.8) is 0 Å². The quantitative estimate of drug-likeness (QED) is 0.433. The summed E-state index contributed by atoms with van der Waals surface area (Å²) in [6, 6.07) is 13.3. The van der Waals surface area contributed by atoms with Crippen LogP contribution in [0.5, 0.6) is 11.5 Å². The largest absolute Gasteiger partial charge is 0.497 e. The number of ether oxygens (including phenoxy) is 2. The van der Waals surface area contributed by atoms with Gasteiger partial charge in [-0.25, -0.2) is 9.59 Å². The lowest BCUT2D eigenvalue weighted by Gasteiger charge is -2.44. The molecule has 7 heteroatoms. The lowest BCUT2D eigenvalue weighted by atomic mass is 9.65. The molecule has 4 rings (SSSR count). The number of carbonyl (C=O) groups excluding carboxylic acids is 2. The van der Waals surface area contributed by atoms with Crippen molar-refractivity contribution < 1.29 is 29.0 Å². The Bertz CT molecular complexity index is 995. The molecule has 0 radical (unpaired) electrons. The van der Waals surface area contributed by atoms with E-state index in [1.54, 1.807) is 36.4 Å². The van der Waals surface area contributed by atoms with Crippen molar-refractivity contribution in [1.82, 2.24) is 5.32 Å². The van der Waals surface area contributed by atoms with Crippen LogP contribution in [0, 0.1) is 5.92 Å². The molecular weight excluding hydrogens is 398 g/mol. The van der Waals surface area contributed by atoms with Gasteiger partial charge < -0.3 is 19.9 Å². The maximum Gasteiger partial charge on any atom is 0.349 e. The third-order valence-electron chi connectivity index (χ3n) is 6.37. The second-order valence-electron chi connectivity index (χ2n) is 8.10. The van der Waals surface area contributed by atoms with Crippen LogP contribution < -0.4 is 14.8 Å². The van der Waals surface area contributed by atoms with E-state index in [9.17, 15) is 19.5 Å². The van der Waals surface area contributed by atoms with E-state index in [1.165, 1.54) is 19.2 Å². The monoisotopic (exact) mass is 423 g/mol. The number of rotatable bonds is 5. The minimum atomic E-state index is -2.20. The molecule has 2 aromatic carbocycles. The zero-order valence-corrected chi connectivity index (χ0v) is 17.3. The molecule has 0 bridgehead atoms. The van der Waals surface area contributed by atoms with Crippen molar-refractivity contribution in [1.29, 1.82) is 0 Å². The SMILES string of the molecule is COc1ccc(C(=O)NC2(C(=O)O)C(=O)Oc3ccccc3C2C2CCCCC2)cc1. The van der Waals surface area contributed by atoms with Gasteiger partial charge in [-0.15, -0.1) is 0 Å². The number of carboxylic acids is 1. The van der Waals surface area contributed by atoms with Crippen molar-refractivity contribution in [3.05, 3.63) is 59.7 Å². The maximum absolute atomic E-state index is 13.2. The molecule has 2 aliphatic rings. The van der Waals surface area contributed by atoms with Crippen LogP contribution in [-0.4, -0.2) is 35.6 Å². The smallest absolute Gasteiger partial charge is 0.349 e. The Morgan fingerprint density at radius 3 is 2.39 bits per heavy atom. The van der Waals surface area contributed by atoms with Gasteiger partial charge >= 0.3 is 11.9 Å². The highest BCUT2D eigenvalue weighted by Crippen LogP contribution is 2.49. The molecule has 0 aromatic heterocycles. The van der Waals surface area contributed by atoms with Crippen molar-refractivity contribution in [2.24, 2.45) is 5.92 Å². The summed E-state index contributed by atoms with van der Waals surface area (Å²) in [5.41, 5.74) is -1.32. The normalized spacial score (nSPS) is 23.4. The molecule has 1 heterocycles. The van der Waals surface area contributed by atoms with Crippen LogP contribution in [0.15, 0.2) is 48.5 Å². The van der Waals surface area contributed by atoms with E-state index in [-0.39, 0.29) is 11.5 Å². The molecule has 1 fully saturated rings. The highest BCUT2D eigenvalue weighted by molar-refractivity contribution is 6.12. The summed E-state index contributed by atoms with van der Waals surface area (Å²) in [5.74, 6) is -2.88. The fourth-order valence-electron chi connectivity index (χ4n) is 4.84. The highest BCUT2D eigenvalue weighted by atomic mass is 16.5. The van der Waals surface area contributed by atoms with Gasteiger partial charge in [-0.05, 0) is 49.1 Å². The summed E-state index contributed by atoms with van der Waals surface area (Å²) in [6.07, 6.45) is 4.58. The molecule has 7 nitrogen and oxygen atoms in total. The molecule has 1 saturated carbocycles. The van der Waals surface area contributed by atoms with E-state index in [4.69, 9.17) is 9.47 Å². The number of methoxy groups -OCH3 is 1. The molecule has 1 aliphatic carbocycles. The minimum absolute atomic E-state index is 0.0602. The number of aliphatic carboxylic acids is 1. The van der Waals surface area contributed by atoms with Gasteiger partial charge in [0.1, 0.15) is 11.5 Å². The van der Waals surface area contributed by atoms with Crippen LogP contribution in [0.1, 0.15) is 53.9 Å². The van der Waals surface area contributed by atoms with E-state index < -0.39 is 29.3 Å². The number of carboxylic acid groups (broad SMARTS) is 1. The predicted octanol–water partition coefficient (Wildman–Crippen LogP) is 3.53. The van der Waals surface area contributed by atoms with Gasteiger partial charge in [-0.3, -0.25) is 4.79 Å². The minimum Gasteiger partial charge on any atom is -0.497 e. The predicted molar refractivity (Wildman–Crippen MR) is 112 cm³/mol. The van der Waals surface area contributed by atoms with Crippen molar-refractivity contribution in [3.8, 4) is 11.5 Å². The fourth-order valence-corrected chi connectivity index (χ4v) is 4.84. The van der Waals surface area contributed by atoms with Crippen LogP contribution in [0.2, 0.25) is 0 Å². The van der Waals surface area contributed by atoms with E-state index >= 15 is 0 Å². The number of amides is 1. The lowest BCUT2D eigenvalue weighted by molar-refractivity contribution is -0.161. The number of esters is 1. The number of fused-ring (bicyclic) bond motifs is 1. The molecule has 1 aliphatic heterocycles. The number of hydrogen-bond acceptors (Lipinski definition) is 5. The fraction of sp³-hybridized carbons (Fsp3) is 0.375. The summed E-state index contributed by atoms with van der Waals surface area (Å²) < 4.78 is 10.6. The highest BCUT2D eigenvalue weighted by Gasteiger charge is 2.61. The summed E-state index contributed by atoms with van der Waals surface area (Å²) in [5, 5.41) is 12.9. The van der Waals surface area contributed by atoms with Crippen molar-refractivity contribution in [2.45, 2.75) is 43.6 Å². The summed E-state index contributed by atoms with van der Waals surface area (Å²) in [6.45, 7) is 0. The van der Waals surface area contributed by atoms with Crippen molar-refractivity contribution in [2.75, 3.05) is 7.11 Å². The Balaban J connectivity index is 1.79. The molecular formula is C24H25NO6. The standard InChI is InChI=1S/C24H25NO6/c1-30-17-13-11-16(12-14-17)21(26)25-24(22(27)28)20(15-7-3-2-4-8-15)18-9-5-6-10-19(18)31-23(24)29/h5-6,9-15,20H,2-4,7-8H2,1H3,(H,25,26)(H,27,28). The van der Waals surface area contributed by atoms with E-state index in [0.717, 1.165) is 32.1 Å². The first-order chi connectivity index (χ1) is 15.0. The van der Waals surface area contributed by atoms with E-state index in [2.05, 4.69) is 5.32 Å².